The van der Waals surface area contributed by atoms with E-state index >= 15 is 0 Å². The van der Waals surface area contributed by atoms with Gasteiger partial charge in [-0.25, -0.2) is 0 Å². The summed E-state index contributed by atoms with van der Waals surface area (Å²) in [7, 11) is 1.72. The predicted octanol–water partition coefficient (Wildman–Crippen LogP) is 6.84. The molecule has 2 amide bonds. The summed E-state index contributed by atoms with van der Waals surface area (Å²) >= 11 is 0. The summed E-state index contributed by atoms with van der Waals surface area (Å²) in [6.45, 7) is 10.9. The van der Waals surface area contributed by atoms with Crippen LogP contribution in [0.15, 0.2) is 66.9 Å². The first-order chi connectivity index (χ1) is 21.9. The fourth-order valence-electron chi connectivity index (χ4n) is 6.25. The van der Waals surface area contributed by atoms with E-state index in [0.717, 1.165) is 57.3 Å². The number of ether oxygens (including phenoxy) is 1. The third kappa shape index (κ3) is 10.6. The van der Waals surface area contributed by atoms with Crippen LogP contribution in [0, 0.1) is 11.8 Å². The van der Waals surface area contributed by atoms with E-state index in [9.17, 15) is 9.59 Å². The molecule has 1 N–H and O–H groups in total. The zero-order valence-electron chi connectivity index (χ0n) is 27.9. The summed E-state index contributed by atoms with van der Waals surface area (Å²) in [5.74, 6) is 0.839. The number of methoxy groups -OCH3 is 1. The van der Waals surface area contributed by atoms with Gasteiger partial charge in [-0.05, 0) is 80.3 Å². The van der Waals surface area contributed by atoms with Gasteiger partial charge in [-0.1, -0.05) is 76.1 Å². The van der Waals surface area contributed by atoms with Crippen LogP contribution in [0.4, 0.5) is 0 Å². The van der Waals surface area contributed by atoms with Crippen molar-refractivity contribution in [2.45, 2.75) is 90.8 Å². The standard InChI is InChI=1S/C38H54N4O3/c1-5-6-7-10-30-15-18-35(40-27-30)38(44)42(34-21-25-41(26-22-34)24-20-29(2)3)28-31-13-16-33(17-14-31)37(43)39-23-19-32-11-8-9-12-36(32)45-4/h8-9,11-18,27,29,32,34,36H,5-7,10,19-26,28H2,1-4H3,(H,39,43). The molecule has 45 heavy (non-hydrogen) atoms. The summed E-state index contributed by atoms with van der Waals surface area (Å²) in [5.41, 5.74) is 3.33. The Bertz CT molecular complexity index is 1250. The van der Waals surface area contributed by atoms with Crippen LogP contribution in [0.3, 0.4) is 0 Å². The number of carbonyl (C=O) groups excluding carboxylic acids is 2. The number of hydrogen-bond acceptors (Lipinski definition) is 5. The Morgan fingerprint density at radius 2 is 1.76 bits per heavy atom. The number of amides is 2. The number of nitrogens with zero attached hydrogens (tertiary/aromatic N) is 3. The number of benzene rings is 1. The first-order valence-corrected chi connectivity index (χ1v) is 17.1. The van der Waals surface area contributed by atoms with Crippen LogP contribution in [0.2, 0.25) is 0 Å². The van der Waals surface area contributed by atoms with E-state index in [0.29, 0.717) is 30.3 Å². The molecule has 244 valence electrons. The zero-order valence-corrected chi connectivity index (χ0v) is 27.9. The van der Waals surface area contributed by atoms with Gasteiger partial charge in [0.2, 0.25) is 0 Å². The summed E-state index contributed by atoms with van der Waals surface area (Å²) < 4.78 is 5.54. The van der Waals surface area contributed by atoms with Gasteiger partial charge >= 0.3 is 0 Å². The molecule has 2 aromatic rings. The molecule has 7 nitrogen and oxygen atoms in total. The number of nitrogens with one attached hydrogen (secondary N) is 1. The molecule has 1 saturated heterocycles. The van der Waals surface area contributed by atoms with Gasteiger partial charge in [0.1, 0.15) is 5.69 Å². The monoisotopic (exact) mass is 614 g/mol. The fraction of sp³-hybridized carbons (Fsp3) is 0.553. The molecule has 2 unspecified atom stereocenters. The molecule has 0 spiro atoms. The Kier molecular flexibility index (Phi) is 13.8. The van der Waals surface area contributed by atoms with Crippen LogP contribution in [0.5, 0.6) is 0 Å². The van der Waals surface area contributed by atoms with Gasteiger partial charge in [-0.3, -0.25) is 14.6 Å². The maximum absolute atomic E-state index is 14.0. The van der Waals surface area contributed by atoms with Crippen molar-refractivity contribution in [3.8, 4) is 0 Å². The zero-order chi connectivity index (χ0) is 32.0. The van der Waals surface area contributed by atoms with Crippen LogP contribution < -0.4 is 5.32 Å². The van der Waals surface area contributed by atoms with Crippen LogP contribution in [-0.2, 0) is 17.7 Å². The summed E-state index contributed by atoms with van der Waals surface area (Å²) in [6.07, 6.45) is 18.6. The van der Waals surface area contributed by atoms with Crippen molar-refractivity contribution in [3.05, 3.63) is 89.3 Å². The second-order valence-corrected chi connectivity index (χ2v) is 13.1. The molecule has 2 heterocycles. The molecule has 2 atom stereocenters. The number of aromatic nitrogens is 1. The summed E-state index contributed by atoms with van der Waals surface area (Å²) in [6, 6.07) is 11.8. The van der Waals surface area contributed by atoms with Crippen LogP contribution in [-0.4, -0.2) is 72.0 Å². The fourth-order valence-corrected chi connectivity index (χ4v) is 6.25. The molecule has 0 bridgehead atoms. The number of pyridine rings is 1. The van der Waals surface area contributed by atoms with Crippen molar-refractivity contribution in [1.29, 1.82) is 0 Å². The first-order valence-electron chi connectivity index (χ1n) is 17.1. The van der Waals surface area contributed by atoms with Crippen molar-refractivity contribution >= 4 is 11.8 Å². The minimum atomic E-state index is -0.0872. The summed E-state index contributed by atoms with van der Waals surface area (Å²) in [4.78, 5) is 36.0. The van der Waals surface area contributed by atoms with Gasteiger partial charge in [0.15, 0.2) is 0 Å². The third-order valence-corrected chi connectivity index (χ3v) is 9.19. The molecule has 1 fully saturated rings. The quantitative estimate of drug-likeness (QED) is 0.210. The molecular formula is C38H54N4O3. The molecule has 1 aliphatic carbocycles. The van der Waals surface area contributed by atoms with Gasteiger partial charge in [0, 0.05) is 57.0 Å². The van der Waals surface area contributed by atoms with Crippen molar-refractivity contribution < 1.29 is 14.3 Å². The third-order valence-electron chi connectivity index (χ3n) is 9.19. The molecule has 0 radical (unpaired) electrons. The van der Waals surface area contributed by atoms with Gasteiger partial charge in [-0.15, -0.1) is 0 Å². The maximum atomic E-state index is 14.0. The van der Waals surface area contributed by atoms with Gasteiger partial charge in [0.25, 0.3) is 11.8 Å². The number of hydrogen-bond donors (Lipinski definition) is 1. The highest BCUT2D eigenvalue weighted by atomic mass is 16.5. The average Bonchev–Trinajstić information content (AvgIpc) is 3.07. The van der Waals surface area contributed by atoms with Crippen LogP contribution in [0.25, 0.3) is 0 Å². The maximum Gasteiger partial charge on any atom is 0.272 e. The lowest BCUT2D eigenvalue weighted by molar-refractivity contribution is 0.0540. The molecule has 4 rings (SSSR count). The Balaban J connectivity index is 1.39. The topological polar surface area (TPSA) is 74.8 Å². The summed E-state index contributed by atoms with van der Waals surface area (Å²) in [5, 5.41) is 3.05. The van der Waals surface area contributed by atoms with E-state index in [1.165, 1.54) is 24.8 Å². The highest BCUT2D eigenvalue weighted by molar-refractivity contribution is 5.94. The lowest BCUT2D eigenvalue weighted by atomic mass is 9.94. The number of likely N-dealkylation sites (tertiary alicyclic amines) is 1. The smallest absolute Gasteiger partial charge is 0.272 e. The number of allylic oxidation sites excluding steroid dienone is 2. The molecular weight excluding hydrogens is 560 g/mol. The Morgan fingerprint density at radius 1 is 1.02 bits per heavy atom. The lowest BCUT2D eigenvalue weighted by Crippen LogP contribution is -2.47. The minimum absolute atomic E-state index is 0.0153. The molecule has 2 aliphatic rings. The normalized spacial score (nSPS) is 18.8. The van der Waals surface area contributed by atoms with Crippen LogP contribution >= 0.6 is 0 Å². The van der Waals surface area contributed by atoms with E-state index in [1.807, 2.05) is 53.6 Å². The molecule has 1 aromatic heterocycles. The number of aryl methyl sites for hydroxylation is 1. The second-order valence-electron chi connectivity index (χ2n) is 13.1. The van der Waals surface area contributed by atoms with Crippen LogP contribution in [0.1, 0.15) is 97.7 Å². The number of rotatable bonds is 16. The van der Waals surface area contributed by atoms with Crippen molar-refractivity contribution in [1.82, 2.24) is 20.1 Å². The highest BCUT2D eigenvalue weighted by Crippen LogP contribution is 2.23. The number of unbranched alkanes of at least 4 members (excludes halogenated alkanes) is 2. The molecule has 7 heteroatoms. The van der Waals surface area contributed by atoms with Gasteiger partial charge in [-0.2, -0.15) is 0 Å². The van der Waals surface area contributed by atoms with E-state index in [1.54, 1.807) is 7.11 Å². The van der Waals surface area contributed by atoms with Crippen molar-refractivity contribution in [3.63, 3.8) is 0 Å². The number of piperidine rings is 1. The Hall–Kier alpha value is -3.29. The van der Waals surface area contributed by atoms with Gasteiger partial charge in [0.05, 0.1) is 6.10 Å². The van der Waals surface area contributed by atoms with E-state index in [4.69, 9.17) is 4.74 Å². The van der Waals surface area contributed by atoms with E-state index in [-0.39, 0.29) is 29.9 Å². The highest BCUT2D eigenvalue weighted by Gasteiger charge is 2.29. The second kappa shape index (κ2) is 18.0. The predicted molar refractivity (Wildman–Crippen MR) is 182 cm³/mol. The molecule has 1 aliphatic heterocycles. The largest absolute Gasteiger partial charge is 0.377 e. The Morgan fingerprint density at radius 3 is 2.42 bits per heavy atom. The lowest BCUT2D eigenvalue weighted by Gasteiger charge is -2.38. The Labute approximate surface area is 271 Å². The van der Waals surface area contributed by atoms with E-state index < -0.39 is 0 Å². The first kappa shape index (κ1) is 34.6. The number of carbonyl (C=O) groups is 2. The molecule has 1 aromatic carbocycles. The van der Waals surface area contributed by atoms with Gasteiger partial charge < -0.3 is 19.9 Å². The molecule has 0 saturated carbocycles. The van der Waals surface area contributed by atoms with E-state index in [2.05, 4.69) is 54.2 Å². The van der Waals surface area contributed by atoms with Crippen molar-refractivity contribution in [2.75, 3.05) is 33.3 Å². The van der Waals surface area contributed by atoms with Crippen molar-refractivity contribution in [2.24, 2.45) is 11.8 Å². The average molecular weight is 615 g/mol. The SMILES string of the molecule is CCCCCc1ccc(C(=O)N(Cc2ccc(C(=O)NCCC3C=CC=CC3OC)cc2)C2CCN(CCC(C)C)CC2)nc1. The minimum Gasteiger partial charge on any atom is -0.377 e.